The van der Waals surface area contributed by atoms with Crippen LogP contribution in [0.15, 0.2) is 36.8 Å². The molecule has 20 heavy (non-hydrogen) atoms. The van der Waals surface area contributed by atoms with Gasteiger partial charge in [-0.1, -0.05) is 0 Å². The molecule has 6 heteroatoms. The van der Waals surface area contributed by atoms with Crippen molar-refractivity contribution in [3.63, 3.8) is 0 Å². The van der Waals surface area contributed by atoms with Crippen molar-refractivity contribution in [1.29, 1.82) is 0 Å². The van der Waals surface area contributed by atoms with Crippen LogP contribution in [0.5, 0.6) is 0 Å². The van der Waals surface area contributed by atoms with E-state index in [0.717, 1.165) is 31.0 Å². The van der Waals surface area contributed by atoms with Crippen molar-refractivity contribution in [3.8, 4) is 0 Å². The Bertz CT molecular complexity index is 506. The summed E-state index contributed by atoms with van der Waals surface area (Å²) in [5, 5.41) is 6.43. The van der Waals surface area contributed by atoms with Gasteiger partial charge in [0.05, 0.1) is 0 Å². The monoisotopic (exact) mass is 273 g/mol. The SMILES string of the molecule is COCCCNc1ccnc(NCc2ccncc2)n1. The van der Waals surface area contributed by atoms with E-state index in [1.165, 1.54) is 0 Å². The molecule has 6 nitrogen and oxygen atoms in total. The van der Waals surface area contributed by atoms with Crippen molar-refractivity contribution in [2.75, 3.05) is 30.9 Å². The predicted octanol–water partition coefficient (Wildman–Crippen LogP) is 1.93. The van der Waals surface area contributed by atoms with Crippen molar-refractivity contribution >= 4 is 11.8 Å². The standard InChI is InChI=1S/C14H19N5O/c1-20-10-2-6-16-13-5-9-17-14(19-13)18-11-12-3-7-15-8-4-12/h3-5,7-9H,2,6,10-11H2,1H3,(H2,16,17,18,19). The quantitative estimate of drug-likeness (QED) is 0.716. The maximum absolute atomic E-state index is 5.00. The van der Waals surface area contributed by atoms with E-state index in [1.54, 1.807) is 25.7 Å². The topological polar surface area (TPSA) is 72.0 Å². The summed E-state index contributed by atoms with van der Waals surface area (Å²) in [6.07, 6.45) is 6.22. The predicted molar refractivity (Wildman–Crippen MR) is 78.6 cm³/mol. The molecule has 0 saturated carbocycles. The molecule has 0 atom stereocenters. The third-order valence-electron chi connectivity index (χ3n) is 2.69. The summed E-state index contributed by atoms with van der Waals surface area (Å²) in [4.78, 5) is 12.6. The largest absolute Gasteiger partial charge is 0.385 e. The molecule has 0 aliphatic carbocycles. The zero-order chi connectivity index (χ0) is 14.0. The Morgan fingerprint density at radius 3 is 2.75 bits per heavy atom. The molecule has 106 valence electrons. The Balaban J connectivity index is 1.83. The second-order valence-corrected chi connectivity index (χ2v) is 4.25. The van der Waals surface area contributed by atoms with Crippen LogP contribution in [0.3, 0.4) is 0 Å². The first kappa shape index (κ1) is 14.2. The molecular weight excluding hydrogens is 254 g/mol. The number of hydrogen-bond donors (Lipinski definition) is 2. The lowest BCUT2D eigenvalue weighted by atomic mass is 10.3. The van der Waals surface area contributed by atoms with Gasteiger partial charge in [0.15, 0.2) is 0 Å². The van der Waals surface area contributed by atoms with E-state index in [1.807, 2.05) is 18.2 Å². The number of pyridine rings is 1. The number of nitrogens with zero attached hydrogens (tertiary/aromatic N) is 3. The van der Waals surface area contributed by atoms with Gasteiger partial charge in [-0.2, -0.15) is 4.98 Å². The lowest BCUT2D eigenvalue weighted by Gasteiger charge is -2.08. The van der Waals surface area contributed by atoms with E-state index in [4.69, 9.17) is 4.74 Å². The second-order valence-electron chi connectivity index (χ2n) is 4.25. The first-order chi connectivity index (χ1) is 9.88. The van der Waals surface area contributed by atoms with Gasteiger partial charge in [0, 0.05) is 45.4 Å². The van der Waals surface area contributed by atoms with Crippen LogP contribution in [0.1, 0.15) is 12.0 Å². The average molecular weight is 273 g/mol. The zero-order valence-corrected chi connectivity index (χ0v) is 11.5. The number of ether oxygens (including phenoxy) is 1. The molecular formula is C14H19N5O. The third kappa shape index (κ3) is 4.81. The minimum atomic E-state index is 0.610. The summed E-state index contributed by atoms with van der Waals surface area (Å²) >= 11 is 0. The maximum Gasteiger partial charge on any atom is 0.224 e. The van der Waals surface area contributed by atoms with Gasteiger partial charge in [0.1, 0.15) is 5.82 Å². The minimum absolute atomic E-state index is 0.610. The van der Waals surface area contributed by atoms with E-state index >= 15 is 0 Å². The summed E-state index contributed by atoms with van der Waals surface area (Å²) in [6, 6.07) is 5.77. The van der Waals surface area contributed by atoms with E-state index < -0.39 is 0 Å². The lowest BCUT2D eigenvalue weighted by Crippen LogP contribution is -2.08. The van der Waals surface area contributed by atoms with Crippen LogP contribution in [0, 0.1) is 0 Å². The van der Waals surface area contributed by atoms with Crippen molar-refractivity contribution in [3.05, 3.63) is 42.4 Å². The fourth-order valence-electron chi connectivity index (χ4n) is 1.66. The average Bonchev–Trinajstić information content (AvgIpc) is 2.51. The van der Waals surface area contributed by atoms with Gasteiger partial charge in [-0.3, -0.25) is 4.98 Å². The van der Waals surface area contributed by atoms with Crippen molar-refractivity contribution in [2.45, 2.75) is 13.0 Å². The number of aromatic nitrogens is 3. The molecule has 0 aliphatic heterocycles. The highest BCUT2D eigenvalue weighted by Gasteiger charge is 1.99. The molecule has 0 saturated heterocycles. The van der Waals surface area contributed by atoms with E-state index in [0.29, 0.717) is 12.5 Å². The van der Waals surface area contributed by atoms with Crippen molar-refractivity contribution < 1.29 is 4.74 Å². The van der Waals surface area contributed by atoms with Gasteiger partial charge < -0.3 is 15.4 Å². The molecule has 2 heterocycles. The van der Waals surface area contributed by atoms with Crippen LogP contribution < -0.4 is 10.6 Å². The van der Waals surface area contributed by atoms with E-state index in [-0.39, 0.29) is 0 Å². The molecule has 0 bridgehead atoms. The van der Waals surface area contributed by atoms with Crippen LogP contribution in [0.25, 0.3) is 0 Å². The maximum atomic E-state index is 5.00. The van der Waals surface area contributed by atoms with Crippen LogP contribution in [0.4, 0.5) is 11.8 Å². The van der Waals surface area contributed by atoms with Crippen LogP contribution in [-0.2, 0) is 11.3 Å². The minimum Gasteiger partial charge on any atom is -0.385 e. The molecule has 2 aromatic rings. The number of hydrogen-bond acceptors (Lipinski definition) is 6. The molecule has 0 fully saturated rings. The fourth-order valence-corrected chi connectivity index (χ4v) is 1.66. The number of nitrogens with one attached hydrogen (secondary N) is 2. The highest BCUT2D eigenvalue weighted by Crippen LogP contribution is 2.07. The molecule has 0 aromatic carbocycles. The highest BCUT2D eigenvalue weighted by molar-refractivity contribution is 5.39. The Morgan fingerprint density at radius 2 is 1.95 bits per heavy atom. The van der Waals surface area contributed by atoms with Gasteiger partial charge in [0.25, 0.3) is 0 Å². The first-order valence-corrected chi connectivity index (χ1v) is 6.57. The highest BCUT2D eigenvalue weighted by atomic mass is 16.5. The fraction of sp³-hybridized carbons (Fsp3) is 0.357. The Morgan fingerprint density at radius 1 is 1.10 bits per heavy atom. The van der Waals surface area contributed by atoms with Gasteiger partial charge in [0.2, 0.25) is 5.95 Å². The van der Waals surface area contributed by atoms with Crippen LogP contribution in [0.2, 0.25) is 0 Å². The normalized spacial score (nSPS) is 10.2. The molecule has 2 rings (SSSR count). The number of rotatable bonds is 8. The molecule has 0 spiro atoms. The Hall–Kier alpha value is -2.21. The molecule has 2 aromatic heterocycles. The van der Waals surface area contributed by atoms with Gasteiger partial charge in [-0.05, 0) is 30.2 Å². The van der Waals surface area contributed by atoms with Gasteiger partial charge >= 0.3 is 0 Å². The van der Waals surface area contributed by atoms with Gasteiger partial charge in [-0.15, -0.1) is 0 Å². The Kier molecular flexibility index (Phi) is 5.72. The Labute approximate surface area is 118 Å². The third-order valence-corrected chi connectivity index (χ3v) is 2.69. The van der Waals surface area contributed by atoms with Crippen molar-refractivity contribution in [2.24, 2.45) is 0 Å². The molecule has 0 radical (unpaired) electrons. The lowest BCUT2D eigenvalue weighted by molar-refractivity contribution is 0.198. The summed E-state index contributed by atoms with van der Waals surface area (Å²) in [5.74, 6) is 1.42. The molecule has 0 amide bonds. The molecule has 0 unspecified atom stereocenters. The summed E-state index contributed by atoms with van der Waals surface area (Å²) < 4.78 is 5.00. The van der Waals surface area contributed by atoms with Crippen LogP contribution >= 0.6 is 0 Å². The second kappa shape index (κ2) is 8.06. The van der Waals surface area contributed by atoms with Crippen molar-refractivity contribution in [1.82, 2.24) is 15.0 Å². The number of anilines is 2. The smallest absolute Gasteiger partial charge is 0.224 e. The van der Waals surface area contributed by atoms with E-state index in [2.05, 4.69) is 25.6 Å². The van der Waals surface area contributed by atoms with Gasteiger partial charge in [-0.25, -0.2) is 4.98 Å². The first-order valence-electron chi connectivity index (χ1n) is 6.57. The van der Waals surface area contributed by atoms with E-state index in [9.17, 15) is 0 Å². The summed E-state index contributed by atoms with van der Waals surface area (Å²) in [5.41, 5.74) is 1.14. The summed E-state index contributed by atoms with van der Waals surface area (Å²) in [6.45, 7) is 2.25. The molecule has 0 aliphatic rings. The van der Waals surface area contributed by atoms with Crippen LogP contribution in [-0.4, -0.2) is 35.2 Å². The summed E-state index contributed by atoms with van der Waals surface area (Å²) in [7, 11) is 1.70. The zero-order valence-electron chi connectivity index (χ0n) is 11.5. The molecule has 2 N–H and O–H groups in total. The number of methoxy groups -OCH3 is 1.